The van der Waals surface area contributed by atoms with Gasteiger partial charge in [-0.15, -0.1) is 0 Å². The van der Waals surface area contributed by atoms with Gasteiger partial charge in [0.25, 0.3) is 5.91 Å². The lowest BCUT2D eigenvalue weighted by Crippen LogP contribution is -2.38. The molecule has 0 radical (unpaired) electrons. The minimum Gasteiger partial charge on any atom is -0.479 e. The number of aryl methyl sites for hydroxylation is 3. The standard InChI is InChI=1S/C15H20N4O4/c1-9-5-6-10(2)19(9)14-11(7-17-18(14)3)13(20)16-8-12(23-4)15(21)22/h5-7,12H,8H2,1-4H3,(H,16,20)(H,21,22). The Bertz CT molecular complexity index is 712. The second-order valence-electron chi connectivity index (χ2n) is 5.23. The number of aromatic nitrogens is 3. The van der Waals surface area contributed by atoms with Gasteiger partial charge in [-0.1, -0.05) is 0 Å². The van der Waals surface area contributed by atoms with Gasteiger partial charge >= 0.3 is 5.97 Å². The first-order valence-electron chi connectivity index (χ1n) is 7.08. The molecule has 2 aromatic heterocycles. The normalized spacial score (nSPS) is 12.2. The molecule has 0 aliphatic heterocycles. The van der Waals surface area contributed by atoms with Crippen LogP contribution in [0.25, 0.3) is 5.82 Å². The summed E-state index contributed by atoms with van der Waals surface area (Å²) in [5.74, 6) is -0.896. The molecule has 0 saturated heterocycles. The van der Waals surface area contributed by atoms with Crippen LogP contribution in [0.4, 0.5) is 0 Å². The Morgan fingerprint density at radius 2 is 1.96 bits per heavy atom. The number of nitrogens with zero attached hydrogens (tertiary/aromatic N) is 3. The third-order valence-electron chi connectivity index (χ3n) is 3.64. The number of hydrogen-bond acceptors (Lipinski definition) is 4. The highest BCUT2D eigenvalue weighted by Gasteiger charge is 2.22. The third kappa shape index (κ3) is 3.26. The number of aliphatic carboxylic acids is 1. The molecule has 0 saturated carbocycles. The van der Waals surface area contributed by atoms with Gasteiger partial charge in [0.15, 0.2) is 6.10 Å². The lowest BCUT2D eigenvalue weighted by atomic mass is 10.2. The van der Waals surface area contributed by atoms with Gasteiger partial charge < -0.3 is 19.7 Å². The minimum absolute atomic E-state index is 0.122. The van der Waals surface area contributed by atoms with E-state index in [1.54, 1.807) is 11.7 Å². The van der Waals surface area contributed by atoms with E-state index in [4.69, 9.17) is 9.84 Å². The van der Waals surface area contributed by atoms with Crippen LogP contribution in [-0.2, 0) is 16.6 Å². The molecule has 0 bridgehead atoms. The number of amides is 1. The smallest absolute Gasteiger partial charge is 0.334 e. The number of methoxy groups -OCH3 is 1. The molecule has 2 aromatic rings. The Kier molecular flexibility index (Phi) is 4.85. The van der Waals surface area contributed by atoms with E-state index in [-0.39, 0.29) is 6.54 Å². The van der Waals surface area contributed by atoms with E-state index in [1.165, 1.54) is 13.3 Å². The highest BCUT2D eigenvalue weighted by Crippen LogP contribution is 2.19. The molecule has 0 fully saturated rings. The van der Waals surface area contributed by atoms with Gasteiger partial charge in [-0.25, -0.2) is 4.79 Å². The monoisotopic (exact) mass is 320 g/mol. The second-order valence-corrected chi connectivity index (χ2v) is 5.23. The van der Waals surface area contributed by atoms with Crippen LogP contribution in [0.2, 0.25) is 0 Å². The molecular formula is C15H20N4O4. The fourth-order valence-electron chi connectivity index (χ4n) is 2.41. The number of carbonyl (C=O) groups is 2. The molecule has 1 atom stereocenters. The quantitative estimate of drug-likeness (QED) is 0.814. The van der Waals surface area contributed by atoms with E-state index in [0.717, 1.165) is 11.4 Å². The summed E-state index contributed by atoms with van der Waals surface area (Å²) in [4.78, 5) is 23.3. The lowest BCUT2D eigenvalue weighted by Gasteiger charge is -2.14. The van der Waals surface area contributed by atoms with Crippen LogP contribution in [0.5, 0.6) is 0 Å². The van der Waals surface area contributed by atoms with Crippen molar-refractivity contribution >= 4 is 11.9 Å². The summed E-state index contributed by atoms with van der Waals surface area (Å²) in [6, 6.07) is 3.91. The van der Waals surface area contributed by atoms with Gasteiger partial charge in [0.2, 0.25) is 0 Å². The van der Waals surface area contributed by atoms with Crippen molar-refractivity contribution in [1.29, 1.82) is 0 Å². The van der Waals surface area contributed by atoms with Gasteiger partial charge in [0.05, 0.1) is 12.7 Å². The summed E-state index contributed by atoms with van der Waals surface area (Å²) in [5.41, 5.74) is 2.32. The predicted octanol–water partition coefficient (Wildman–Crippen LogP) is 0.657. The van der Waals surface area contributed by atoms with E-state index in [1.807, 2.05) is 30.5 Å². The number of carbonyl (C=O) groups excluding carboxylic acids is 1. The molecule has 0 aromatic carbocycles. The number of nitrogens with one attached hydrogen (secondary N) is 1. The molecule has 8 nitrogen and oxygen atoms in total. The van der Waals surface area contributed by atoms with Gasteiger partial charge in [-0.05, 0) is 26.0 Å². The molecule has 1 unspecified atom stereocenters. The van der Waals surface area contributed by atoms with E-state index in [2.05, 4.69) is 10.4 Å². The number of rotatable bonds is 6. The second kappa shape index (κ2) is 6.66. The summed E-state index contributed by atoms with van der Waals surface area (Å²) in [5, 5.41) is 15.7. The topological polar surface area (TPSA) is 98.4 Å². The zero-order chi connectivity index (χ0) is 17.1. The van der Waals surface area contributed by atoms with Crippen molar-refractivity contribution in [1.82, 2.24) is 19.7 Å². The summed E-state index contributed by atoms with van der Waals surface area (Å²) in [6.07, 6.45) is 0.376. The van der Waals surface area contributed by atoms with Crippen molar-refractivity contribution in [3.05, 3.63) is 35.3 Å². The van der Waals surface area contributed by atoms with Crippen LogP contribution in [0.1, 0.15) is 21.7 Å². The molecule has 124 valence electrons. The summed E-state index contributed by atoms with van der Waals surface area (Å²) in [7, 11) is 3.03. The first-order valence-corrected chi connectivity index (χ1v) is 7.08. The first kappa shape index (κ1) is 16.8. The Morgan fingerprint density at radius 3 is 2.48 bits per heavy atom. The van der Waals surface area contributed by atoms with Crippen LogP contribution < -0.4 is 5.32 Å². The van der Waals surface area contributed by atoms with Crippen molar-refractivity contribution in [2.24, 2.45) is 7.05 Å². The minimum atomic E-state index is -1.13. The molecule has 2 heterocycles. The zero-order valence-corrected chi connectivity index (χ0v) is 13.5. The molecule has 8 heteroatoms. The molecule has 2 N–H and O–H groups in total. The maximum absolute atomic E-state index is 12.4. The van der Waals surface area contributed by atoms with E-state index in [0.29, 0.717) is 11.4 Å². The van der Waals surface area contributed by atoms with Gasteiger partial charge in [-0.2, -0.15) is 5.10 Å². The molecular weight excluding hydrogens is 300 g/mol. The van der Waals surface area contributed by atoms with Crippen LogP contribution >= 0.6 is 0 Å². The zero-order valence-electron chi connectivity index (χ0n) is 13.5. The average Bonchev–Trinajstić information content (AvgIpc) is 3.02. The SMILES string of the molecule is COC(CNC(=O)c1cnn(C)c1-n1c(C)ccc1C)C(=O)O. The number of ether oxygens (including phenoxy) is 1. The number of carboxylic acid groups (broad SMARTS) is 1. The fourth-order valence-corrected chi connectivity index (χ4v) is 2.41. The van der Waals surface area contributed by atoms with Crippen molar-refractivity contribution in [2.45, 2.75) is 20.0 Å². The van der Waals surface area contributed by atoms with Gasteiger partial charge in [0.1, 0.15) is 11.4 Å². The molecule has 2 rings (SSSR count). The Morgan fingerprint density at radius 1 is 1.35 bits per heavy atom. The lowest BCUT2D eigenvalue weighted by molar-refractivity contribution is -0.148. The van der Waals surface area contributed by atoms with Crippen molar-refractivity contribution < 1.29 is 19.4 Å². The van der Waals surface area contributed by atoms with E-state index < -0.39 is 18.0 Å². The molecule has 1 amide bonds. The largest absolute Gasteiger partial charge is 0.479 e. The van der Waals surface area contributed by atoms with Crippen LogP contribution in [0, 0.1) is 13.8 Å². The highest BCUT2D eigenvalue weighted by molar-refractivity contribution is 5.97. The third-order valence-corrected chi connectivity index (χ3v) is 3.64. The van der Waals surface area contributed by atoms with Crippen molar-refractivity contribution in [2.75, 3.05) is 13.7 Å². The molecule has 23 heavy (non-hydrogen) atoms. The van der Waals surface area contributed by atoms with E-state index >= 15 is 0 Å². The van der Waals surface area contributed by atoms with Gasteiger partial charge in [-0.3, -0.25) is 9.48 Å². The maximum atomic E-state index is 12.4. The Hall–Kier alpha value is -2.61. The predicted molar refractivity (Wildman–Crippen MR) is 82.8 cm³/mol. The summed E-state index contributed by atoms with van der Waals surface area (Å²) < 4.78 is 8.34. The fraction of sp³-hybridized carbons (Fsp3) is 0.400. The first-order chi connectivity index (χ1) is 10.9. The summed E-state index contributed by atoms with van der Waals surface area (Å²) in [6.45, 7) is 3.75. The Labute approximate surface area is 133 Å². The molecule has 0 aliphatic rings. The molecule has 0 aliphatic carbocycles. The van der Waals surface area contributed by atoms with Crippen molar-refractivity contribution in [3.8, 4) is 5.82 Å². The number of carboxylic acids is 1. The maximum Gasteiger partial charge on any atom is 0.334 e. The number of hydrogen-bond donors (Lipinski definition) is 2. The van der Waals surface area contributed by atoms with Crippen molar-refractivity contribution in [3.63, 3.8) is 0 Å². The van der Waals surface area contributed by atoms with Crippen LogP contribution in [0.3, 0.4) is 0 Å². The van der Waals surface area contributed by atoms with Gasteiger partial charge in [0, 0.05) is 25.5 Å². The van der Waals surface area contributed by atoms with E-state index in [9.17, 15) is 9.59 Å². The van der Waals surface area contributed by atoms with Crippen LogP contribution in [0.15, 0.2) is 18.3 Å². The summed E-state index contributed by atoms with van der Waals surface area (Å²) >= 11 is 0. The molecule has 0 spiro atoms. The Balaban J connectivity index is 2.28. The average molecular weight is 320 g/mol. The van der Waals surface area contributed by atoms with Crippen LogP contribution in [-0.4, -0.2) is 51.1 Å². The highest BCUT2D eigenvalue weighted by atomic mass is 16.5.